The average Bonchev–Trinajstić information content (AvgIpc) is 3.39. The van der Waals surface area contributed by atoms with E-state index in [2.05, 4.69) is 40.8 Å². The summed E-state index contributed by atoms with van der Waals surface area (Å²) >= 11 is 4.80. The van der Waals surface area contributed by atoms with Gasteiger partial charge in [0.1, 0.15) is 5.52 Å². The number of hydrogen-bond donors (Lipinski definition) is 0. The molecule has 2 aliphatic heterocycles. The molecule has 1 amide bonds. The van der Waals surface area contributed by atoms with Gasteiger partial charge in [0.15, 0.2) is 0 Å². The highest BCUT2D eigenvalue weighted by atomic mass is 32.2. The number of aromatic nitrogens is 1. The molecule has 156 valence electrons. The molecule has 0 atom stereocenters. The van der Waals surface area contributed by atoms with Crippen LogP contribution in [0, 0.1) is 0 Å². The predicted molar refractivity (Wildman–Crippen MR) is 132 cm³/mol. The van der Waals surface area contributed by atoms with Crippen molar-refractivity contribution >= 4 is 67.0 Å². The van der Waals surface area contributed by atoms with E-state index in [1.54, 1.807) is 28.0 Å². The molecule has 3 heterocycles. The number of anilines is 1. The Bertz CT molecular complexity index is 1290. The zero-order chi connectivity index (χ0) is 21.5. The van der Waals surface area contributed by atoms with Crippen LogP contribution < -0.4 is 9.47 Å². The van der Waals surface area contributed by atoms with Crippen molar-refractivity contribution in [2.24, 2.45) is 12.0 Å². The Kier molecular flexibility index (Phi) is 5.37. The van der Waals surface area contributed by atoms with Crippen LogP contribution in [0.15, 0.2) is 80.5 Å². The molecule has 31 heavy (non-hydrogen) atoms. The summed E-state index contributed by atoms with van der Waals surface area (Å²) in [5.41, 5.74) is 2.34. The molecule has 5 rings (SSSR count). The van der Waals surface area contributed by atoms with Crippen LogP contribution in [0.1, 0.15) is 6.92 Å². The standard InChI is InChI=1S/C23H21N4OS3/c1-4-27-21(28)19(13-14-20-25(2)15-9-5-7-11-17(15)29-20)31-23(27)24-22-26(3)16-10-6-8-12-18(16)30-22/h5-14H,4H2,1-3H3/q+1/b19-13-,20-14-. The summed E-state index contributed by atoms with van der Waals surface area (Å²) in [5, 5.41) is 2.72. The molecule has 2 aliphatic rings. The number of fused-ring (bicyclic) bond motifs is 2. The molecule has 1 fully saturated rings. The van der Waals surface area contributed by atoms with Crippen molar-refractivity contribution in [1.29, 1.82) is 0 Å². The molecule has 0 bridgehead atoms. The van der Waals surface area contributed by atoms with Crippen molar-refractivity contribution < 1.29 is 9.36 Å². The van der Waals surface area contributed by atoms with Gasteiger partial charge in [0.05, 0.1) is 27.4 Å². The first-order chi connectivity index (χ1) is 15.1. The molecule has 1 saturated heterocycles. The molecule has 3 aromatic rings. The van der Waals surface area contributed by atoms with Crippen molar-refractivity contribution in [2.45, 2.75) is 11.8 Å². The molecule has 5 nitrogen and oxygen atoms in total. The Morgan fingerprint density at radius 2 is 1.84 bits per heavy atom. The number of carbonyl (C=O) groups excluding carboxylic acids is 1. The molecule has 0 aliphatic carbocycles. The summed E-state index contributed by atoms with van der Waals surface area (Å²) in [6.45, 7) is 2.57. The number of hydrogen-bond acceptors (Lipinski definition) is 6. The Morgan fingerprint density at radius 1 is 1.06 bits per heavy atom. The number of allylic oxidation sites excluding steroid dienone is 2. The van der Waals surface area contributed by atoms with E-state index >= 15 is 0 Å². The third-order valence-electron chi connectivity index (χ3n) is 5.26. The number of likely N-dealkylation sites (N-methyl/N-ethyl adjacent to an activating group) is 1. The summed E-state index contributed by atoms with van der Waals surface area (Å²) in [5.74, 6) is 0.00929. The van der Waals surface area contributed by atoms with Crippen LogP contribution in [0.4, 0.5) is 10.8 Å². The van der Waals surface area contributed by atoms with Crippen LogP contribution in [-0.4, -0.2) is 29.6 Å². The molecule has 0 saturated carbocycles. The van der Waals surface area contributed by atoms with Crippen molar-refractivity contribution in [2.75, 3.05) is 18.5 Å². The van der Waals surface area contributed by atoms with Gasteiger partial charge in [-0.25, -0.2) is 4.57 Å². The molecule has 0 N–H and O–H groups in total. The number of thioether (sulfide) groups is 2. The zero-order valence-electron chi connectivity index (χ0n) is 17.4. The number of amidine groups is 1. The number of aliphatic imine (C=N–C) groups is 1. The van der Waals surface area contributed by atoms with E-state index in [4.69, 9.17) is 4.99 Å². The lowest BCUT2D eigenvalue weighted by molar-refractivity contribution is -0.627. The highest BCUT2D eigenvalue weighted by Gasteiger charge is 2.36. The second-order valence-electron chi connectivity index (χ2n) is 7.12. The van der Waals surface area contributed by atoms with Crippen molar-refractivity contribution in [3.63, 3.8) is 0 Å². The van der Waals surface area contributed by atoms with Crippen LogP contribution >= 0.6 is 34.9 Å². The van der Waals surface area contributed by atoms with Gasteiger partial charge in [0.2, 0.25) is 0 Å². The monoisotopic (exact) mass is 465 g/mol. The minimum atomic E-state index is 0.00929. The van der Waals surface area contributed by atoms with Gasteiger partial charge in [-0.3, -0.25) is 9.69 Å². The lowest BCUT2D eigenvalue weighted by Crippen LogP contribution is -2.30. The van der Waals surface area contributed by atoms with E-state index in [0.717, 1.165) is 20.8 Å². The molecule has 0 radical (unpaired) electrons. The number of amides is 1. The minimum Gasteiger partial charge on any atom is -0.338 e. The molecule has 0 unspecified atom stereocenters. The van der Waals surface area contributed by atoms with Gasteiger partial charge in [-0.15, -0.1) is 0 Å². The quantitative estimate of drug-likeness (QED) is 0.390. The third kappa shape index (κ3) is 3.58. The zero-order valence-corrected chi connectivity index (χ0v) is 19.9. The average molecular weight is 466 g/mol. The Balaban J connectivity index is 1.45. The molecular formula is C23H21N4OS3+. The van der Waals surface area contributed by atoms with E-state index < -0.39 is 0 Å². The fourth-order valence-electron chi connectivity index (χ4n) is 3.57. The maximum atomic E-state index is 13.0. The van der Waals surface area contributed by atoms with Gasteiger partial charge in [0, 0.05) is 18.5 Å². The molecule has 1 aromatic heterocycles. The van der Waals surface area contributed by atoms with Crippen molar-refractivity contribution in [3.05, 3.63) is 70.6 Å². The second-order valence-corrected chi connectivity index (χ2v) is 10.2. The largest absolute Gasteiger partial charge is 0.385 e. The van der Waals surface area contributed by atoms with E-state index in [1.807, 2.05) is 50.4 Å². The van der Waals surface area contributed by atoms with Crippen molar-refractivity contribution in [3.8, 4) is 0 Å². The van der Waals surface area contributed by atoms with Gasteiger partial charge >= 0.3 is 5.13 Å². The molecule has 8 heteroatoms. The minimum absolute atomic E-state index is 0.00929. The molecule has 2 aromatic carbocycles. The summed E-state index contributed by atoms with van der Waals surface area (Å²) in [6, 6.07) is 16.6. The van der Waals surface area contributed by atoms with Crippen LogP contribution in [0.3, 0.4) is 0 Å². The van der Waals surface area contributed by atoms with Crippen LogP contribution in [0.5, 0.6) is 0 Å². The second kappa shape index (κ2) is 8.18. The van der Waals surface area contributed by atoms with Gasteiger partial charge < -0.3 is 4.90 Å². The van der Waals surface area contributed by atoms with Gasteiger partial charge in [-0.2, -0.15) is 0 Å². The molecule has 0 spiro atoms. The maximum absolute atomic E-state index is 13.0. The smallest absolute Gasteiger partial charge is 0.338 e. The van der Waals surface area contributed by atoms with Gasteiger partial charge in [0.25, 0.3) is 11.1 Å². The first kappa shape index (κ1) is 20.4. The Morgan fingerprint density at radius 3 is 2.61 bits per heavy atom. The summed E-state index contributed by atoms with van der Waals surface area (Å²) in [7, 11) is 4.07. The van der Waals surface area contributed by atoms with E-state index in [-0.39, 0.29) is 5.91 Å². The predicted octanol–water partition coefficient (Wildman–Crippen LogP) is 5.28. The van der Waals surface area contributed by atoms with E-state index in [9.17, 15) is 4.79 Å². The number of carbonyl (C=O) groups is 1. The van der Waals surface area contributed by atoms with Gasteiger partial charge in [-0.05, 0) is 71.4 Å². The van der Waals surface area contributed by atoms with Crippen molar-refractivity contribution in [1.82, 2.24) is 4.90 Å². The van der Waals surface area contributed by atoms with E-state index in [1.165, 1.54) is 27.0 Å². The number of aryl methyl sites for hydroxylation is 1. The molecular weight excluding hydrogens is 444 g/mol. The normalized spacial score (nSPS) is 20.1. The highest BCUT2D eigenvalue weighted by molar-refractivity contribution is 8.18. The Labute approximate surface area is 193 Å². The highest BCUT2D eigenvalue weighted by Crippen LogP contribution is 2.45. The fraction of sp³-hybridized carbons (Fsp3) is 0.174. The number of nitrogens with zero attached hydrogens (tertiary/aromatic N) is 4. The fourth-order valence-corrected chi connectivity index (χ4v) is 6.68. The summed E-state index contributed by atoms with van der Waals surface area (Å²) in [6.07, 6.45) is 3.95. The topological polar surface area (TPSA) is 39.8 Å². The number of benzene rings is 2. The van der Waals surface area contributed by atoms with Crippen LogP contribution in [0.25, 0.3) is 10.2 Å². The lowest BCUT2D eigenvalue weighted by atomic mass is 10.3. The first-order valence-corrected chi connectivity index (χ1v) is 12.4. The third-order valence-corrected chi connectivity index (χ3v) is 8.58. The lowest BCUT2D eigenvalue weighted by Gasteiger charge is -2.12. The number of thiazole rings is 1. The SMILES string of the molecule is CCN1C(=O)/C(=C/C=C2\Sc3ccccc3N2C)S/C1=N\c1sc2ccccc2[n+]1C. The number of para-hydroxylation sites is 2. The summed E-state index contributed by atoms with van der Waals surface area (Å²) < 4.78 is 3.26. The first-order valence-electron chi connectivity index (χ1n) is 9.95. The van der Waals surface area contributed by atoms with Crippen LogP contribution in [0.2, 0.25) is 0 Å². The van der Waals surface area contributed by atoms with E-state index in [0.29, 0.717) is 11.4 Å². The van der Waals surface area contributed by atoms with Crippen LogP contribution in [-0.2, 0) is 11.8 Å². The maximum Gasteiger partial charge on any atom is 0.385 e. The van der Waals surface area contributed by atoms with Gasteiger partial charge in [-0.1, -0.05) is 36.0 Å². The summed E-state index contributed by atoms with van der Waals surface area (Å²) in [4.78, 5) is 23.7. The Hall–Kier alpha value is -2.55. The number of rotatable bonds is 3.